The van der Waals surface area contributed by atoms with E-state index in [1.165, 1.54) is 18.2 Å². The van der Waals surface area contributed by atoms with Crippen molar-refractivity contribution >= 4 is 11.9 Å². The fourth-order valence-electron chi connectivity index (χ4n) is 6.72. The van der Waals surface area contributed by atoms with E-state index in [1.807, 2.05) is 24.3 Å². The van der Waals surface area contributed by atoms with Gasteiger partial charge in [0.05, 0.1) is 7.11 Å². The van der Waals surface area contributed by atoms with Crippen LogP contribution in [0.15, 0.2) is 48.5 Å². The van der Waals surface area contributed by atoms with Crippen LogP contribution in [0.4, 0.5) is 0 Å². The molecule has 5 nitrogen and oxygen atoms in total. The third-order valence-corrected chi connectivity index (χ3v) is 7.99. The molecule has 5 heteroatoms. The van der Waals surface area contributed by atoms with Crippen LogP contribution in [0, 0.1) is 5.41 Å². The van der Waals surface area contributed by atoms with E-state index in [2.05, 4.69) is 31.2 Å². The van der Waals surface area contributed by atoms with E-state index in [0.717, 1.165) is 30.4 Å². The second-order valence-corrected chi connectivity index (χ2v) is 9.27. The lowest BCUT2D eigenvalue weighted by atomic mass is 9.47. The minimum absolute atomic E-state index is 0.0122. The minimum atomic E-state index is -1.26. The van der Waals surface area contributed by atoms with Crippen molar-refractivity contribution in [1.82, 2.24) is 0 Å². The predicted octanol–water partition coefficient (Wildman–Crippen LogP) is 4.08. The van der Waals surface area contributed by atoms with E-state index in [0.29, 0.717) is 6.42 Å². The van der Waals surface area contributed by atoms with Crippen molar-refractivity contribution in [1.29, 1.82) is 0 Å². The van der Waals surface area contributed by atoms with Gasteiger partial charge in [0.25, 0.3) is 0 Å². The van der Waals surface area contributed by atoms with Gasteiger partial charge in [-0.2, -0.15) is 0 Å². The zero-order valence-corrected chi connectivity index (χ0v) is 17.8. The fourth-order valence-corrected chi connectivity index (χ4v) is 6.72. The Kier molecular flexibility index (Phi) is 3.95. The summed E-state index contributed by atoms with van der Waals surface area (Å²) < 4.78 is 17.5. The smallest absolute Gasteiger partial charge is 0.342 e. The van der Waals surface area contributed by atoms with E-state index in [1.54, 1.807) is 0 Å². The van der Waals surface area contributed by atoms with Crippen molar-refractivity contribution in [3.8, 4) is 0 Å². The normalized spacial score (nSPS) is 36.3. The molecule has 31 heavy (non-hydrogen) atoms. The molecule has 0 saturated carbocycles. The molecule has 2 aliphatic heterocycles. The SMILES string of the molecule is CCCC[C@H]1OC(=O)[C@@]2(C3(C(=O)OC)CC4c5ccccc5C3c3ccccc34)O[C@@H]12. The summed E-state index contributed by atoms with van der Waals surface area (Å²) in [5.41, 5.74) is 2.26. The summed E-state index contributed by atoms with van der Waals surface area (Å²) in [4.78, 5) is 27.1. The van der Waals surface area contributed by atoms with Gasteiger partial charge in [-0.1, -0.05) is 61.9 Å². The number of unbranched alkanes of at least 4 members (excludes halogenated alkanes) is 1. The Labute approximate surface area is 181 Å². The highest BCUT2D eigenvalue weighted by atomic mass is 16.7. The molecule has 0 radical (unpaired) electrons. The number of rotatable bonds is 5. The number of cyclic esters (lactones) is 1. The third kappa shape index (κ3) is 2.15. The summed E-state index contributed by atoms with van der Waals surface area (Å²) in [5, 5.41) is 0. The Bertz CT molecular complexity index is 1050. The van der Waals surface area contributed by atoms with Crippen molar-refractivity contribution < 1.29 is 23.8 Å². The van der Waals surface area contributed by atoms with Gasteiger partial charge >= 0.3 is 11.9 Å². The molecule has 0 amide bonds. The van der Waals surface area contributed by atoms with Gasteiger partial charge in [0.1, 0.15) is 17.6 Å². The Morgan fingerprint density at radius 2 is 1.68 bits per heavy atom. The first-order chi connectivity index (χ1) is 15.1. The predicted molar refractivity (Wildman–Crippen MR) is 113 cm³/mol. The number of ether oxygens (including phenoxy) is 3. The zero-order valence-electron chi connectivity index (χ0n) is 17.8. The molecule has 2 fully saturated rings. The van der Waals surface area contributed by atoms with Gasteiger partial charge in [-0.05, 0) is 41.5 Å². The van der Waals surface area contributed by atoms with Crippen LogP contribution in [0.25, 0.3) is 0 Å². The number of esters is 2. The summed E-state index contributed by atoms with van der Waals surface area (Å²) in [6, 6.07) is 16.6. The number of benzene rings is 2. The molecule has 2 saturated heterocycles. The molecular weight excluding hydrogens is 392 g/mol. The van der Waals surface area contributed by atoms with Gasteiger partial charge in [0, 0.05) is 11.8 Å². The van der Waals surface area contributed by atoms with Gasteiger partial charge in [0.2, 0.25) is 5.60 Å². The van der Waals surface area contributed by atoms with Crippen LogP contribution in [0.5, 0.6) is 0 Å². The molecule has 5 aliphatic rings. The maximum atomic E-state index is 13.7. The summed E-state index contributed by atoms with van der Waals surface area (Å²) in [5.74, 6) is -1.06. The molecule has 4 atom stereocenters. The monoisotopic (exact) mass is 418 g/mol. The molecule has 2 bridgehead atoms. The maximum absolute atomic E-state index is 13.7. The fraction of sp³-hybridized carbons (Fsp3) is 0.462. The van der Waals surface area contributed by atoms with Crippen molar-refractivity contribution in [3.63, 3.8) is 0 Å². The van der Waals surface area contributed by atoms with Gasteiger partial charge in [-0.15, -0.1) is 0 Å². The highest BCUT2D eigenvalue weighted by Crippen LogP contribution is 2.72. The molecule has 7 rings (SSSR count). The quantitative estimate of drug-likeness (QED) is 0.541. The number of epoxide rings is 1. The summed E-state index contributed by atoms with van der Waals surface area (Å²) in [7, 11) is 1.41. The Hall–Kier alpha value is -2.66. The standard InChI is InChI=1S/C26H26O5/c1-3-4-13-20-22-26(31-22,24(28)30-20)25(23(27)29-2)14-19-15-9-5-7-11-17(15)21(25)18-12-8-6-10-16(18)19/h5-12,19-22H,3-4,13-14H2,1-2H3/t19?,20-,21?,22+,25?,26+/m1/s1. The molecule has 0 N–H and O–H groups in total. The minimum Gasteiger partial charge on any atom is -0.468 e. The molecule has 3 aliphatic carbocycles. The molecular formula is C26H26O5. The van der Waals surface area contributed by atoms with Crippen molar-refractivity contribution in [3.05, 3.63) is 70.8 Å². The van der Waals surface area contributed by atoms with Crippen LogP contribution < -0.4 is 0 Å². The van der Waals surface area contributed by atoms with Crippen LogP contribution in [-0.4, -0.2) is 36.9 Å². The summed E-state index contributed by atoms with van der Waals surface area (Å²) in [6.07, 6.45) is 2.54. The zero-order chi connectivity index (χ0) is 21.4. The van der Waals surface area contributed by atoms with Gasteiger partial charge in [-0.3, -0.25) is 4.79 Å². The first-order valence-electron chi connectivity index (χ1n) is 11.2. The lowest BCUT2D eigenvalue weighted by Gasteiger charge is -2.52. The number of fused-ring (bicyclic) bond motifs is 3. The highest BCUT2D eigenvalue weighted by Gasteiger charge is 2.86. The molecule has 0 spiro atoms. The summed E-state index contributed by atoms with van der Waals surface area (Å²) >= 11 is 0. The van der Waals surface area contributed by atoms with E-state index in [9.17, 15) is 9.59 Å². The first kappa shape index (κ1) is 19.1. The molecule has 2 aromatic rings. The van der Waals surface area contributed by atoms with E-state index < -0.39 is 17.0 Å². The van der Waals surface area contributed by atoms with Crippen molar-refractivity contribution in [2.75, 3.05) is 7.11 Å². The maximum Gasteiger partial charge on any atom is 0.342 e. The van der Waals surface area contributed by atoms with Crippen LogP contribution in [0.3, 0.4) is 0 Å². The third-order valence-electron chi connectivity index (χ3n) is 7.99. The van der Waals surface area contributed by atoms with Crippen molar-refractivity contribution in [2.45, 2.75) is 62.3 Å². The van der Waals surface area contributed by atoms with Crippen LogP contribution >= 0.6 is 0 Å². The van der Waals surface area contributed by atoms with Gasteiger partial charge in [0.15, 0.2) is 0 Å². The average molecular weight is 418 g/mol. The topological polar surface area (TPSA) is 65.1 Å². The number of hydrogen-bond acceptors (Lipinski definition) is 5. The molecule has 0 aromatic heterocycles. The van der Waals surface area contributed by atoms with E-state index >= 15 is 0 Å². The second-order valence-electron chi connectivity index (χ2n) is 9.27. The van der Waals surface area contributed by atoms with Crippen LogP contribution in [-0.2, 0) is 23.8 Å². The molecule has 1 unspecified atom stereocenters. The van der Waals surface area contributed by atoms with E-state index in [-0.39, 0.29) is 30.0 Å². The van der Waals surface area contributed by atoms with E-state index in [4.69, 9.17) is 14.2 Å². The molecule has 160 valence electrons. The Balaban J connectivity index is 1.56. The number of methoxy groups -OCH3 is 1. The lowest BCUT2D eigenvalue weighted by Crippen LogP contribution is -2.58. The van der Waals surface area contributed by atoms with Crippen LogP contribution in [0.2, 0.25) is 0 Å². The summed E-state index contributed by atoms with van der Waals surface area (Å²) in [6.45, 7) is 2.11. The van der Waals surface area contributed by atoms with Gasteiger partial charge in [-0.25, -0.2) is 4.79 Å². The largest absolute Gasteiger partial charge is 0.468 e. The number of carbonyl (C=O) groups excluding carboxylic acids is 2. The number of carbonyl (C=O) groups is 2. The second kappa shape index (κ2) is 6.42. The Morgan fingerprint density at radius 1 is 1.06 bits per heavy atom. The molecule has 2 heterocycles. The Morgan fingerprint density at radius 3 is 2.23 bits per heavy atom. The van der Waals surface area contributed by atoms with Crippen LogP contribution in [0.1, 0.15) is 66.7 Å². The molecule has 2 aromatic carbocycles. The average Bonchev–Trinajstić information content (AvgIpc) is 3.52. The van der Waals surface area contributed by atoms with Crippen molar-refractivity contribution in [2.24, 2.45) is 5.41 Å². The lowest BCUT2D eigenvalue weighted by molar-refractivity contribution is -0.174. The van der Waals surface area contributed by atoms with Gasteiger partial charge < -0.3 is 14.2 Å². The first-order valence-corrected chi connectivity index (χ1v) is 11.2. The highest BCUT2D eigenvalue weighted by molar-refractivity contribution is 5.98. The number of hydrogen-bond donors (Lipinski definition) is 0.